The number of pyridine rings is 1. The number of nitrogens with one attached hydrogen (secondary N) is 2. The third-order valence-corrected chi connectivity index (χ3v) is 4.63. The molecule has 3 rings (SSSR count). The van der Waals surface area contributed by atoms with Gasteiger partial charge in [0.1, 0.15) is 12.4 Å². The van der Waals surface area contributed by atoms with E-state index in [-0.39, 0.29) is 18.5 Å². The Balaban J connectivity index is 1.79. The highest BCUT2D eigenvalue weighted by atomic mass is 32.2. The molecule has 2 N–H and O–H groups in total. The van der Waals surface area contributed by atoms with Crippen LogP contribution in [0.5, 0.6) is 0 Å². The number of amides is 2. The molecule has 0 aliphatic carbocycles. The fourth-order valence-electron chi connectivity index (χ4n) is 2.79. The summed E-state index contributed by atoms with van der Waals surface area (Å²) < 4.78 is 29.1. The molecule has 1 aromatic carbocycles. The first-order chi connectivity index (χ1) is 13.2. The van der Waals surface area contributed by atoms with Crippen molar-refractivity contribution in [1.29, 1.82) is 0 Å². The van der Waals surface area contributed by atoms with Gasteiger partial charge in [0.25, 0.3) is 10.1 Å². The molecule has 0 aliphatic heterocycles. The van der Waals surface area contributed by atoms with E-state index in [1.54, 1.807) is 24.0 Å². The molecule has 0 saturated heterocycles. The van der Waals surface area contributed by atoms with Gasteiger partial charge in [-0.3, -0.25) is 14.2 Å². The highest BCUT2D eigenvalue weighted by Crippen LogP contribution is 2.22. The van der Waals surface area contributed by atoms with Gasteiger partial charge in [0.05, 0.1) is 29.7 Å². The van der Waals surface area contributed by atoms with E-state index in [9.17, 15) is 13.2 Å². The van der Waals surface area contributed by atoms with Crippen LogP contribution in [0.4, 0.5) is 10.6 Å². The summed E-state index contributed by atoms with van der Waals surface area (Å²) in [6.45, 7) is 1.62. The second-order valence-electron chi connectivity index (χ2n) is 6.36. The quantitative estimate of drug-likeness (QED) is 0.611. The number of aryl methyl sites for hydroxylation is 1. The van der Waals surface area contributed by atoms with Crippen molar-refractivity contribution >= 4 is 32.9 Å². The number of carbonyl (C=O) groups excluding carboxylic acids is 1. The van der Waals surface area contributed by atoms with Gasteiger partial charge >= 0.3 is 6.03 Å². The monoisotopic (exact) mass is 403 g/mol. The molecule has 1 atom stereocenters. The van der Waals surface area contributed by atoms with E-state index >= 15 is 0 Å². The topological polar surface area (TPSA) is 115 Å². The van der Waals surface area contributed by atoms with Gasteiger partial charge in [-0.2, -0.15) is 13.5 Å². The zero-order valence-electron chi connectivity index (χ0n) is 15.7. The molecule has 148 valence electrons. The number of anilines is 1. The molecular formula is C18H21N5O4S. The van der Waals surface area contributed by atoms with E-state index in [0.29, 0.717) is 16.6 Å². The van der Waals surface area contributed by atoms with Crippen LogP contribution in [0.2, 0.25) is 0 Å². The zero-order valence-corrected chi connectivity index (χ0v) is 16.5. The van der Waals surface area contributed by atoms with Gasteiger partial charge in [-0.1, -0.05) is 30.3 Å². The van der Waals surface area contributed by atoms with Crippen molar-refractivity contribution in [2.45, 2.75) is 19.6 Å². The summed E-state index contributed by atoms with van der Waals surface area (Å²) in [6.07, 6.45) is 2.57. The average Bonchev–Trinajstić information content (AvgIpc) is 3.00. The van der Waals surface area contributed by atoms with Crippen molar-refractivity contribution in [3.8, 4) is 0 Å². The number of urea groups is 1. The lowest BCUT2D eigenvalue weighted by Gasteiger charge is -2.15. The summed E-state index contributed by atoms with van der Waals surface area (Å²) in [5.41, 5.74) is 1.96. The molecule has 1 unspecified atom stereocenters. The van der Waals surface area contributed by atoms with Crippen LogP contribution in [-0.4, -0.2) is 35.5 Å². The molecule has 2 amide bonds. The van der Waals surface area contributed by atoms with Gasteiger partial charge in [0, 0.05) is 12.4 Å². The maximum atomic E-state index is 12.4. The van der Waals surface area contributed by atoms with Gasteiger partial charge in [0.15, 0.2) is 0 Å². The van der Waals surface area contributed by atoms with Crippen LogP contribution < -0.4 is 10.6 Å². The molecular weight excluding hydrogens is 382 g/mol. The average molecular weight is 403 g/mol. The van der Waals surface area contributed by atoms with E-state index < -0.39 is 16.1 Å². The Morgan fingerprint density at radius 3 is 2.68 bits per heavy atom. The second kappa shape index (κ2) is 7.95. The highest BCUT2D eigenvalue weighted by Gasteiger charge is 2.15. The Morgan fingerprint density at radius 2 is 2.00 bits per heavy atom. The highest BCUT2D eigenvalue weighted by molar-refractivity contribution is 7.85. The molecule has 0 fully saturated rings. The minimum Gasteiger partial charge on any atom is -0.331 e. The number of hydrogen-bond acceptors (Lipinski definition) is 6. The fourth-order valence-corrected chi connectivity index (χ4v) is 3.12. The lowest BCUT2D eigenvalue weighted by Crippen LogP contribution is -2.31. The van der Waals surface area contributed by atoms with Crippen LogP contribution in [0.1, 0.15) is 24.2 Å². The Labute approximate surface area is 162 Å². The normalized spacial score (nSPS) is 12.7. The minimum atomic E-state index is -3.64. The van der Waals surface area contributed by atoms with Crippen molar-refractivity contribution in [1.82, 2.24) is 20.1 Å². The van der Waals surface area contributed by atoms with Crippen LogP contribution >= 0.6 is 0 Å². The van der Waals surface area contributed by atoms with Crippen LogP contribution in [-0.2, 0) is 28.0 Å². The summed E-state index contributed by atoms with van der Waals surface area (Å²) in [4.78, 5) is 16.7. The number of rotatable bonds is 6. The number of aromatic nitrogens is 3. The van der Waals surface area contributed by atoms with Gasteiger partial charge < -0.3 is 5.32 Å². The Kier molecular flexibility index (Phi) is 5.61. The molecule has 28 heavy (non-hydrogen) atoms. The van der Waals surface area contributed by atoms with Gasteiger partial charge in [-0.25, -0.2) is 9.78 Å². The maximum Gasteiger partial charge on any atom is 0.320 e. The molecule has 10 heteroatoms. The molecule has 2 heterocycles. The Hall–Kier alpha value is -2.98. The number of hydrogen-bond donors (Lipinski definition) is 2. The van der Waals surface area contributed by atoms with E-state index in [0.717, 1.165) is 11.8 Å². The first-order valence-corrected chi connectivity index (χ1v) is 10.3. The summed E-state index contributed by atoms with van der Waals surface area (Å²) in [5.74, 6) is 0.269. The molecule has 0 radical (unpaired) electrons. The third kappa shape index (κ3) is 4.84. The summed E-state index contributed by atoms with van der Waals surface area (Å²) in [5, 5.41) is 10.4. The number of fused-ring (bicyclic) bond motifs is 1. The zero-order chi connectivity index (χ0) is 20.3. The van der Waals surface area contributed by atoms with Crippen molar-refractivity contribution in [2.24, 2.45) is 7.05 Å². The lowest BCUT2D eigenvalue weighted by atomic mass is 10.1. The fraction of sp³-hybridized carbons (Fsp3) is 0.278. The van der Waals surface area contributed by atoms with Crippen LogP contribution in [0, 0.1) is 0 Å². The first-order valence-electron chi connectivity index (χ1n) is 8.51. The van der Waals surface area contributed by atoms with Crippen molar-refractivity contribution < 1.29 is 17.4 Å². The standard InChI is InChI=1S/C18H21N5O4S/c1-12(13-7-5-4-6-8-13)20-18(24)22-16-9-14-10-19-23(2)17(14)15(21-16)11-27-28(3,25)26/h4-10,12H,11H2,1-3H3,(H2,20,21,22,24). The van der Waals surface area contributed by atoms with E-state index in [2.05, 4.69) is 20.7 Å². The largest absolute Gasteiger partial charge is 0.331 e. The van der Waals surface area contributed by atoms with Crippen molar-refractivity contribution in [2.75, 3.05) is 11.6 Å². The van der Waals surface area contributed by atoms with E-state index in [1.807, 2.05) is 37.3 Å². The van der Waals surface area contributed by atoms with Crippen molar-refractivity contribution in [3.05, 3.63) is 53.9 Å². The Bertz CT molecular complexity index is 1100. The minimum absolute atomic E-state index is 0.198. The predicted molar refractivity (Wildman–Crippen MR) is 105 cm³/mol. The third-order valence-electron chi connectivity index (χ3n) is 4.09. The van der Waals surface area contributed by atoms with E-state index in [1.165, 1.54) is 0 Å². The Morgan fingerprint density at radius 1 is 1.29 bits per heavy atom. The van der Waals surface area contributed by atoms with Gasteiger partial charge in [-0.15, -0.1) is 0 Å². The predicted octanol–water partition coefficient (Wildman–Crippen LogP) is 2.33. The maximum absolute atomic E-state index is 12.4. The van der Waals surface area contributed by atoms with Crippen LogP contribution in [0.25, 0.3) is 10.9 Å². The second-order valence-corrected chi connectivity index (χ2v) is 8.00. The summed E-state index contributed by atoms with van der Waals surface area (Å²) >= 11 is 0. The number of benzene rings is 1. The number of nitrogens with zero attached hydrogens (tertiary/aromatic N) is 3. The first kappa shape index (κ1) is 19.8. The lowest BCUT2D eigenvalue weighted by molar-refractivity contribution is 0.249. The van der Waals surface area contributed by atoms with Gasteiger partial charge in [-0.05, 0) is 18.6 Å². The van der Waals surface area contributed by atoms with Gasteiger partial charge in [0.2, 0.25) is 0 Å². The molecule has 2 aromatic heterocycles. The summed E-state index contributed by atoms with van der Waals surface area (Å²) in [6, 6.07) is 10.6. The SMILES string of the molecule is CC(NC(=O)Nc1cc2cnn(C)c2c(COS(C)(=O)=O)n1)c1ccccc1. The smallest absolute Gasteiger partial charge is 0.320 e. The summed E-state index contributed by atoms with van der Waals surface area (Å²) in [7, 11) is -1.92. The van der Waals surface area contributed by atoms with Crippen LogP contribution in [0.3, 0.4) is 0 Å². The molecule has 0 aliphatic rings. The molecule has 3 aromatic rings. The van der Waals surface area contributed by atoms with E-state index in [4.69, 9.17) is 4.18 Å². The number of carbonyl (C=O) groups is 1. The van der Waals surface area contributed by atoms with Crippen LogP contribution in [0.15, 0.2) is 42.6 Å². The molecule has 0 spiro atoms. The molecule has 0 bridgehead atoms. The van der Waals surface area contributed by atoms with Crippen molar-refractivity contribution in [3.63, 3.8) is 0 Å². The molecule has 9 nitrogen and oxygen atoms in total. The molecule has 0 saturated carbocycles.